The molecule has 0 heterocycles. The molecular formula is C17H14F6N2O4S. The smallest absolute Gasteiger partial charge is 0.406 e. The summed E-state index contributed by atoms with van der Waals surface area (Å²) in [6.45, 7) is -0.860. The molecule has 0 spiro atoms. The SMILES string of the molecule is CS(=O)(=O)N(CC(=O)Nc1ccc(OC(F)(F)F)cc1)c1cccc(C(F)(F)F)c1. The fourth-order valence-electron chi connectivity index (χ4n) is 2.31. The van der Waals surface area contributed by atoms with Gasteiger partial charge in [-0.2, -0.15) is 13.2 Å². The molecule has 0 saturated heterocycles. The van der Waals surface area contributed by atoms with Crippen molar-refractivity contribution in [3.8, 4) is 5.75 Å². The largest absolute Gasteiger partial charge is 0.573 e. The molecule has 0 saturated carbocycles. The van der Waals surface area contributed by atoms with Crippen LogP contribution >= 0.6 is 0 Å². The first-order chi connectivity index (χ1) is 13.6. The molecule has 13 heteroatoms. The van der Waals surface area contributed by atoms with Gasteiger partial charge in [0.15, 0.2) is 0 Å². The highest BCUT2D eigenvalue weighted by Gasteiger charge is 2.32. The van der Waals surface area contributed by atoms with Crippen LogP contribution < -0.4 is 14.4 Å². The number of nitrogens with zero attached hydrogens (tertiary/aromatic N) is 1. The summed E-state index contributed by atoms with van der Waals surface area (Å²) in [7, 11) is -4.13. The molecule has 1 amide bonds. The molecule has 30 heavy (non-hydrogen) atoms. The van der Waals surface area contributed by atoms with Crippen molar-refractivity contribution >= 4 is 27.3 Å². The van der Waals surface area contributed by atoms with Crippen molar-refractivity contribution in [1.82, 2.24) is 0 Å². The number of anilines is 2. The van der Waals surface area contributed by atoms with Gasteiger partial charge in [0.1, 0.15) is 12.3 Å². The van der Waals surface area contributed by atoms with E-state index in [9.17, 15) is 39.6 Å². The normalized spacial score (nSPS) is 12.4. The van der Waals surface area contributed by atoms with Crippen LogP contribution in [0.25, 0.3) is 0 Å². The maximum Gasteiger partial charge on any atom is 0.573 e. The predicted molar refractivity (Wildman–Crippen MR) is 95.4 cm³/mol. The Labute approximate surface area is 167 Å². The van der Waals surface area contributed by atoms with E-state index in [1.807, 2.05) is 0 Å². The second-order valence-electron chi connectivity index (χ2n) is 5.94. The van der Waals surface area contributed by atoms with Gasteiger partial charge in [0.05, 0.1) is 17.5 Å². The van der Waals surface area contributed by atoms with E-state index in [0.29, 0.717) is 16.6 Å². The number of carbonyl (C=O) groups is 1. The molecule has 0 fully saturated rings. The fraction of sp³-hybridized carbons (Fsp3) is 0.235. The van der Waals surface area contributed by atoms with Crippen LogP contribution in [0.3, 0.4) is 0 Å². The molecule has 0 bridgehead atoms. The Hall–Kier alpha value is -2.96. The van der Waals surface area contributed by atoms with Crippen LogP contribution in [0.4, 0.5) is 37.7 Å². The predicted octanol–water partition coefficient (Wildman–Crippen LogP) is 4.01. The molecule has 0 aliphatic heterocycles. The number of sulfonamides is 1. The molecule has 0 aliphatic carbocycles. The van der Waals surface area contributed by atoms with E-state index in [0.717, 1.165) is 42.5 Å². The number of halogens is 6. The highest BCUT2D eigenvalue weighted by Crippen LogP contribution is 2.32. The minimum Gasteiger partial charge on any atom is -0.406 e. The van der Waals surface area contributed by atoms with Gasteiger partial charge in [-0.15, -0.1) is 13.2 Å². The lowest BCUT2D eigenvalue weighted by molar-refractivity contribution is -0.274. The molecule has 1 N–H and O–H groups in total. The number of ether oxygens (including phenoxy) is 1. The molecule has 0 atom stereocenters. The molecular weight excluding hydrogens is 442 g/mol. The third-order valence-electron chi connectivity index (χ3n) is 3.52. The number of hydrogen-bond acceptors (Lipinski definition) is 4. The van der Waals surface area contributed by atoms with Crippen molar-refractivity contribution in [2.24, 2.45) is 0 Å². The van der Waals surface area contributed by atoms with Crippen molar-refractivity contribution < 1.29 is 44.3 Å². The fourth-order valence-corrected chi connectivity index (χ4v) is 3.16. The number of benzene rings is 2. The zero-order chi connectivity index (χ0) is 22.7. The molecule has 6 nitrogen and oxygen atoms in total. The van der Waals surface area contributed by atoms with E-state index in [4.69, 9.17) is 0 Å². The van der Waals surface area contributed by atoms with Gasteiger partial charge in [-0.25, -0.2) is 8.42 Å². The summed E-state index contributed by atoms with van der Waals surface area (Å²) in [6, 6.07) is 7.41. The van der Waals surface area contributed by atoms with E-state index >= 15 is 0 Å². The van der Waals surface area contributed by atoms with Crippen LogP contribution in [-0.2, 0) is 21.0 Å². The van der Waals surface area contributed by atoms with Crippen LogP contribution in [-0.4, -0.2) is 33.5 Å². The first-order valence-corrected chi connectivity index (χ1v) is 9.80. The average Bonchev–Trinajstić information content (AvgIpc) is 2.58. The first kappa shape index (κ1) is 23.3. The molecule has 0 aromatic heterocycles. The average molecular weight is 456 g/mol. The topological polar surface area (TPSA) is 75.7 Å². The Morgan fingerprint density at radius 1 is 1.03 bits per heavy atom. The van der Waals surface area contributed by atoms with Gasteiger partial charge >= 0.3 is 12.5 Å². The van der Waals surface area contributed by atoms with Gasteiger partial charge in [-0.1, -0.05) is 6.07 Å². The number of carbonyl (C=O) groups excluding carboxylic acids is 1. The van der Waals surface area contributed by atoms with E-state index in [-0.39, 0.29) is 11.4 Å². The zero-order valence-corrected chi connectivity index (χ0v) is 15.9. The number of hydrogen-bond donors (Lipinski definition) is 1. The number of rotatable bonds is 6. The lowest BCUT2D eigenvalue weighted by atomic mass is 10.2. The molecule has 0 radical (unpaired) electrons. The molecule has 0 aliphatic rings. The van der Waals surface area contributed by atoms with E-state index in [2.05, 4.69) is 10.1 Å². The maximum absolute atomic E-state index is 12.9. The number of nitrogens with one attached hydrogen (secondary N) is 1. The molecule has 2 rings (SSSR count). The van der Waals surface area contributed by atoms with Crippen LogP contribution in [0, 0.1) is 0 Å². The summed E-state index contributed by atoms with van der Waals surface area (Å²) in [5.41, 5.74) is -1.46. The Balaban J connectivity index is 2.17. The quantitative estimate of drug-likeness (QED) is 0.667. The summed E-state index contributed by atoms with van der Waals surface area (Å²) in [4.78, 5) is 12.2. The molecule has 2 aromatic rings. The monoisotopic (exact) mass is 456 g/mol. The molecule has 164 valence electrons. The lowest BCUT2D eigenvalue weighted by Gasteiger charge is -2.22. The van der Waals surface area contributed by atoms with Crippen LogP contribution in [0.1, 0.15) is 5.56 Å². The van der Waals surface area contributed by atoms with Gasteiger partial charge in [0, 0.05) is 5.69 Å². The van der Waals surface area contributed by atoms with Gasteiger partial charge in [0.25, 0.3) is 0 Å². The zero-order valence-electron chi connectivity index (χ0n) is 15.1. The minimum atomic E-state index is -4.90. The standard InChI is InChI=1S/C17H14F6N2O4S/c1-30(27,28)25(13-4-2-3-11(9-13)16(18,19)20)10-15(26)24-12-5-7-14(8-6-12)29-17(21,22)23/h2-9H,10H2,1H3,(H,24,26). The van der Waals surface area contributed by atoms with Crippen LogP contribution in [0.5, 0.6) is 5.75 Å². The first-order valence-electron chi connectivity index (χ1n) is 7.96. The summed E-state index contributed by atoms with van der Waals surface area (Å²) in [5, 5.41) is 2.25. The number of amides is 1. The Morgan fingerprint density at radius 2 is 1.63 bits per heavy atom. The summed E-state index contributed by atoms with van der Waals surface area (Å²) in [5.74, 6) is -1.47. The third-order valence-corrected chi connectivity index (χ3v) is 4.66. The number of alkyl halides is 6. The van der Waals surface area contributed by atoms with E-state index in [1.54, 1.807) is 0 Å². The summed E-state index contributed by atoms with van der Waals surface area (Å²) < 4.78 is 103. The molecule has 2 aromatic carbocycles. The second kappa shape index (κ2) is 8.42. The van der Waals surface area contributed by atoms with Crippen molar-refractivity contribution in [2.45, 2.75) is 12.5 Å². The second-order valence-corrected chi connectivity index (χ2v) is 7.84. The Kier molecular flexibility index (Phi) is 6.54. The van der Waals surface area contributed by atoms with Gasteiger partial charge in [-0.3, -0.25) is 9.10 Å². The summed E-state index contributed by atoms with van der Waals surface area (Å²) in [6.07, 6.45) is -8.91. The highest BCUT2D eigenvalue weighted by molar-refractivity contribution is 7.92. The van der Waals surface area contributed by atoms with Crippen molar-refractivity contribution in [1.29, 1.82) is 0 Å². The maximum atomic E-state index is 12.9. The summed E-state index contributed by atoms with van der Waals surface area (Å²) >= 11 is 0. The lowest BCUT2D eigenvalue weighted by Crippen LogP contribution is -2.37. The van der Waals surface area contributed by atoms with E-state index in [1.165, 1.54) is 0 Å². The van der Waals surface area contributed by atoms with Crippen molar-refractivity contribution in [3.63, 3.8) is 0 Å². The Morgan fingerprint density at radius 3 is 2.13 bits per heavy atom. The van der Waals surface area contributed by atoms with Gasteiger partial charge in [-0.05, 0) is 42.5 Å². The minimum absolute atomic E-state index is 0.0204. The van der Waals surface area contributed by atoms with Crippen LogP contribution in [0.15, 0.2) is 48.5 Å². The van der Waals surface area contributed by atoms with Crippen molar-refractivity contribution in [2.75, 3.05) is 22.4 Å². The third kappa shape index (κ3) is 6.83. The van der Waals surface area contributed by atoms with Crippen LogP contribution in [0.2, 0.25) is 0 Å². The van der Waals surface area contributed by atoms with Crippen molar-refractivity contribution in [3.05, 3.63) is 54.1 Å². The molecule has 0 unspecified atom stereocenters. The van der Waals surface area contributed by atoms with E-state index < -0.39 is 46.3 Å². The van der Waals surface area contributed by atoms with Gasteiger partial charge < -0.3 is 10.1 Å². The Bertz CT molecular complexity index is 1000. The highest BCUT2D eigenvalue weighted by atomic mass is 32.2. The van der Waals surface area contributed by atoms with Gasteiger partial charge in [0.2, 0.25) is 15.9 Å².